The van der Waals surface area contributed by atoms with Crippen molar-refractivity contribution < 1.29 is 9.13 Å². The van der Waals surface area contributed by atoms with E-state index in [2.05, 4.69) is 0 Å². The summed E-state index contributed by atoms with van der Waals surface area (Å²) in [5, 5.41) is 8.41. The van der Waals surface area contributed by atoms with Crippen LogP contribution >= 0.6 is 0 Å². The highest BCUT2D eigenvalue weighted by Crippen LogP contribution is 2.15. The largest absolute Gasteiger partial charge is 0.494 e. The molecule has 0 aliphatic carbocycles. The molecule has 3 heteroatoms. The molecule has 0 aliphatic rings. The van der Waals surface area contributed by atoms with E-state index in [-0.39, 0.29) is 5.56 Å². The van der Waals surface area contributed by atoms with E-state index in [4.69, 9.17) is 10.00 Å². The van der Waals surface area contributed by atoms with E-state index in [1.165, 1.54) is 12.1 Å². The van der Waals surface area contributed by atoms with Crippen LogP contribution in [0.4, 0.5) is 4.39 Å². The molecule has 0 atom stereocenters. The molecule has 0 aromatic heterocycles. The lowest BCUT2D eigenvalue weighted by molar-refractivity contribution is 0.338. The summed E-state index contributed by atoms with van der Waals surface area (Å²) in [5.41, 5.74) is 0.0402. The molecule has 0 bridgehead atoms. The number of nitriles is 1. The van der Waals surface area contributed by atoms with E-state index in [1.807, 2.05) is 6.92 Å². The van der Waals surface area contributed by atoms with E-state index in [1.54, 1.807) is 12.1 Å². The summed E-state index contributed by atoms with van der Waals surface area (Å²) in [6.07, 6.45) is 0. The Morgan fingerprint density at radius 1 is 1.58 bits per heavy atom. The van der Waals surface area contributed by atoms with E-state index < -0.39 is 5.82 Å². The Morgan fingerprint density at radius 3 is 2.83 bits per heavy atom. The molecule has 0 unspecified atom stereocenters. The summed E-state index contributed by atoms with van der Waals surface area (Å²) >= 11 is 0. The van der Waals surface area contributed by atoms with Crippen molar-refractivity contribution in [3.05, 3.63) is 29.6 Å². The first-order valence-electron chi connectivity index (χ1n) is 3.60. The highest BCUT2D eigenvalue weighted by molar-refractivity contribution is 5.36. The van der Waals surface area contributed by atoms with Gasteiger partial charge in [-0.2, -0.15) is 5.26 Å². The summed E-state index contributed by atoms with van der Waals surface area (Å²) in [7, 11) is 0. The molecule has 0 spiro atoms. The van der Waals surface area contributed by atoms with Crippen molar-refractivity contribution in [3.8, 4) is 11.8 Å². The third kappa shape index (κ3) is 1.73. The molecule has 62 valence electrons. The first-order valence-corrected chi connectivity index (χ1v) is 3.60. The Morgan fingerprint density at radius 2 is 2.33 bits per heavy atom. The zero-order valence-corrected chi connectivity index (χ0v) is 6.67. The van der Waals surface area contributed by atoms with Gasteiger partial charge in [-0.25, -0.2) is 4.39 Å². The van der Waals surface area contributed by atoms with Crippen LogP contribution in [-0.4, -0.2) is 6.61 Å². The Balaban J connectivity index is 2.96. The fourth-order valence-corrected chi connectivity index (χ4v) is 0.843. The monoisotopic (exact) mass is 165 g/mol. The Bertz CT molecular complexity index is 317. The Hall–Kier alpha value is -1.56. The molecule has 0 aliphatic heterocycles. The van der Waals surface area contributed by atoms with Gasteiger partial charge >= 0.3 is 0 Å². The third-order valence-electron chi connectivity index (χ3n) is 1.37. The summed E-state index contributed by atoms with van der Waals surface area (Å²) in [6.45, 7) is 2.31. The normalized spacial score (nSPS) is 9.08. The van der Waals surface area contributed by atoms with Gasteiger partial charge in [0.05, 0.1) is 12.2 Å². The molecule has 0 amide bonds. The second kappa shape index (κ2) is 3.72. The van der Waals surface area contributed by atoms with Gasteiger partial charge in [0.1, 0.15) is 17.6 Å². The Labute approximate surface area is 70.2 Å². The molecule has 1 aromatic carbocycles. The highest BCUT2D eigenvalue weighted by atomic mass is 19.1. The van der Waals surface area contributed by atoms with Crippen molar-refractivity contribution in [2.24, 2.45) is 0 Å². The van der Waals surface area contributed by atoms with Crippen molar-refractivity contribution in [2.75, 3.05) is 6.61 Å². The summed E-state index contributed by atoms with van der Waals surface area (Å²) in [5.74, 6) is -0.0857. The van der Waals surface area contributed by atoms with Crippen molar-refractivity contribution in [3.63, 3.8) is 0 Å². The van der Waals surface area contributed by atoms with Crippen LogP contribution in [0.2, 0.25) is 0 Å². The molecule has 0 saturated carbocycles. The van der Waals surface area contributed by atoms with Crippen LogP contribution in [-0.2, 0) is 0 Å². The smallest absolute Gasteiger partial charge is 0.144 e. The van der Waals surface area contributed by atoms with Gasteiger partial charge in [-0.1, -0.05) is 0 Å². The number of halogens is 1. The van der Waals surface area contributed by atoms with E-state index in [9.17, 15) is 4.39 Å². The predicted octanol–water partition coefficient (Wildman–Crippen LogP) is 2.10. The molecular weight excluding hydrogens is 157 g/mol. The van der Waals surface area contributed by atoms with Crippen LogP contribution < -0.4 is 4.74 Å². The molecule has 1 rings (SSSR count). The van der Waals surface area contributed by atoms with Gasteiger partial charge in [0, 0.05) is 6.07 Å². The van der Waals surface area contributed by atoms with E-state index in [0.717, 1.165) is 0 Å². The zero-order valence-electron chi connectivity index (χ0n) is 6.67. The number of ether oxygens (including phenoxy) is 1. The maximum atomic E-state index is 12.9. The molecule has 0 heterocycles. The van der Waals surface area contributed by atoms with Crippen molar-refractivity contribution >= 4 is 0 Å². The zero-order chi connectivity index (χ0) is 8.97. The number of nitrogens with zero attached hydrogens (tertiary/aromatic N) is 1. The van der Waals surface area contributed by atoms with Gasteiger partial charge in [0.2, 0.25) is 0 Å². The van der Waals surface area contributed by atoms with E-state index >= 15 is 0 Å². The molecular formula is C9H8FNO. The molecule has 1 aromatic rings. The lowest BCUT2D eigenvalue weighted by atomic mass is 10.2. The van der Waals surface area contributed by atoms with Crippen molar-refractivity contribution in [2.45, 2.75) is 6.92 Å². The van der Waals surface area contributed by atoms with Crippen LogP contribution in [0.3, 0.4) is 0 Å². The van der Waals surface area contributed by atoms with Gasteiger partial charge in [-0.05, 0) is 19.1 Å². The standard InChI is InChI=1S/C9H8FNO/c1-2-12-8-4-3-7(6-11)9(10)5-8/h3-5H,2H2,1H3. The number of rotatable bonds is 2. The number of benzene rings is 1. The minimum Gasteiger partial charge on any atom is -0.494 e. The minimum atomic E-state index is -0.538. The summed E-state index contributed by atoms with van der Waals surface area (Å²) in [4.78, 5) is 0. The second-order valence-corrected chi connectivity index (χ2v) is 2.19. The van der Waals surface area contributed by atoms with Crippen LogP contribution in [0.1, 0.15) is 12.5 Å². The second-order valence-electron chi connectivity index (χ2n) is 2.19. The quantitative estimate of drug-likeness (QED) is 0.672. The van der Waals surface area contributed by atoms with Gasteiger partial charge in [0.25, 0.3) is 0 Å². The van der Waals surface area contributed by atoms with Crippen molar-refractivity contribution in [1.29, 1.82) is 5.26 Å². The fourth-order valence-electron chi connectivity index (χ4n) is 0.843. The molecule has 0 N–H and O–H groups in total. The van der Waals surface area contributed by atoms with Crippen LogP contribution in [0, 0.1) is 17.1 Å². The maximum Gasteiger partial charge on any atom is 0.144 e. The lowest BCUT2D eigenvalue weighted by Gasteiger charge is -2.02. The molecule has 12 heavy (non-hydrogen) atoms. The predicted molar refractivity (Wildman–Crippen MR) is 42.3 cm³/mol. The summed E-state index contributed by atoms with van der Waals surface area (Å²) in [6, 6.07) is 5.92. The van der Waals surface area contributed by atoms with Gasteiger partial charge < -0.3 is 4.74 Å². The van der Waals surface area contributed by atoms with Crippen LogP contribution in [0.25, 0.3) is 0 Å². The van der Waals surface area contributed by atoms with Crippen LogP contribution in [0.15, 0.2) is 18.2 Å². The average Bonchev–Trinajstić information content (AvgIpc) is 2.05. The lowest BCUT2D eigenvalue weighted by Crippen LogP contribution is -1.92. The van der Waals surface area contributed by atoms with Crippen molar-refractivity contribution in [1.82, 2.24) is 0 Å². The molecule has 2 nitrogen and oxygen atoms in total. The maximum absolute atomic E-state index is 12.9. The summed E-state index contributed by atoms with van der Waals surface area (Å²) < 4.78 is 17.9. The third-order valence-corrected chi connectivity index (χ3v) is 1.37. The number of hydrogen-bond acceptors (Lipinski definition) is 2. The SMILES string of the molecule is CCOc1ccc(C#N)c(F)c1. The molecule has 0 radical (unpaired) electrons. The van der Waals surface area contributed by atoms with Crippen LogP contribution in [0.5, 0.6) is 5.75 Å². The van der Waals surface area contributed by atoms with Gasteiger partial charge in [-0.15, -0.1) is 0 Å². The fraction of sp³-hybridized carbons (Fsp3) is 0.222. The van der Waals surface area contributed by atoms with Gasteiger partial charge in [0.15, 0.2) is 0 Å². The first kappa shape index (κ1) is 8.54. The highest BCUT2D eigenvalue weighted by Gasteiger charge is 2.01. The average molecular weight is 165 g/mol. The topological polar surface area (TPSA) is 33.0 Å². The Kier molecular flexibility index (Phi) is 2.65. The van der Waals surface area contributed by atoms with Gasteiger partial charge in [-0.3, -0.25) is 0 Å². The van der Waals surface area contributed by atoms with E-state index in [0.29, 0.717) is 12.4 Å². The first-order chi connectivity index (χ1) is 5.77. The number of hydrogen-bond donors (Lipinski definition) is 0. The molecule has 0 saturated heterocycles. The minimum absolute atomic E-state index is 0.0402. The molecule has 0 fully saturated rings.